The molecule has 1 N–H and O–H groups in total. The third-order valence-electron chi connectivity index (χ3n) is 3.87. The van der Waals surface area contributed by atoms with Crippen LogP contribution in [0.15, 0.2) is 73.2 Å². The van der Waals surface area contributed by atoms with Crippen LogP contribution >= 0.6 is 0 Å². The number of carbonyl (C=O) groups excluding carboxylic acids is 1. The standard InChI is InChI=1S/C20H19N3O/c1-15-13-18(9-12-22-15)23-20(24)19(17-5-3-2-4-6-17)14-16-7-10-21-11-8-16/h2-13,19H,14H2,1H3,(H,22,23,24). The van der Waals surface area contributed by atoms with Gasteiger partial charge < -0.3 is 5.32 Å². The Bertz CT molecular complexity index is 803. The van der Waals surface area contributed by atoms with Crippen LogP contribution in [0.2, 0.25) is 0 Å². The molecule has 1 unspecified atom stereocenters. The molecule has 0 saturated carbocycles. The van der Waals surface area contributed by atoms with Crippen molar-refractivity contribution in [3.05, 3.63) is 90.0 Å². The van der Waals surface area contributed by atoms with Crippen molar-refractivity contribution >= 4 is 11.6 Å². The van der Waals surface area contributed by atoms with Crippen molar-refractivity contribution in [3.63, 3.8) is 0 Å². The van der Waals surface area contributed by atoms with Crippen LogP contribution in [-0.4, -0.2) is 15.9 Å². The second-order valence-corrected chi connectivity index (χ2v) is 5.70. The zero-order chi connectivity index (χ0) is 16.8. The minimum atomic E-state index is -0.262. The Balaban J connectivity index is 1.85. The Morgan fingerprint density at radius 3 is 2.50 bits per heavy atom. The Labute approximate surface area is 141 Å². The largest absolute Gasteiger partial charge is 0.325 e. The molecule has 2 aromatic heterocycles. The van der Waals surface area contributed by atoms with Crippen LogP contribution in [0.4, 0.5) is 5.69 Å². The fraction of sp³-hybridized carbons (Fsp3) is 0.150. The summed E-state index contributed by atoms with van der Waals surface area (Å²) in [4.78, 5) is 21.1. The van der Waals surface area contributed by atoms with Gasteiger partial charge in [0.25, 0.3) is 0 Å². The first-order valence-electron chi connectivity index (χ1n) is 7.90. The molecule has 1 amide bonds. The van der Waals surface area contributed by atoms with Crippen molar-refractivity contribution in [2.24, 2.45) is 0 Å². The van der Waals surface area contributed by atoms with Crippen LogP contribution < -0.4 is 5.32 Å². The quantitative estimate of drug-likeness (QED) is 0.779. The van der Waals surface area contributed by atoms with Gasteiger partial charge in [-0.2, -0.15) is 0 Å². The number of nitrogens with zero attached hydrogens (tertiary/aromatic N) is 2. The first-order valence-corrected chi connectivity index (χ1v) is 7.90. The van der Waals surface area contributed by atoms with E-state index in [9.17, 15) is 4.79 Å². The van der Waals surface area contributed by atoms with Crippen LogP contribution in [0.1, 0.15) is 22.7 Å². The van der Waals surface area contributed by atoms with E-state index in [4.69, 9.17) is 0 Å². The van der Waals surface area contributed by atoms with Gasteiger partial charge in [-0.3, -0.25) is 14.8 Å². The van der Waals surface area contributed by atoms with E-state index in [0.717, 1.165) is 22.5 Å². The molecule has 24 heavy (non-hydrogen) atoms. The highest BCUT2D eigenvalue weighted by Crippen LogP contribution is 2.23. The van der Waals surface area contributed by atoms with Gasteiger partial charge in [0.1, 0.15) is 0 Å². The lowest BCUT2D eigenvalue weighted by molar-refractivity contribution is -0.117. The number of carbonyl (C=O) groups is 1. The van der Waals surface area contributed by atoms with Crippen LogP contribution in [0.25, 0.3) is 0 Å². The van der Waals surface area contributed by atoms with E-state index in [2.05, 4.69) is 15.3 Å². The summed E-state index contributed by atoms with van der Waals surface area (Å²) in [6.45, 7) is 1.90. The highest BCUT2D eigenvalue weighted by atomic mass is 16.1. The molecule has 0 aliphatic heterocycles. The fourth-order valence-corrected chi connectivity index (χ4v) is 2.65. The van der Waals surface area contributed by atoms with Gasteiger partial charge in [0.15, 0.2) is 0 Å². The second-order valence-electron chi connectivity index (χ2n) is 5.70. The molecule has 0 aliphatic carbocycles. The first kappa shape index (κ1) is 15.9. The average molecular weight is 317 g/mol. The maximum Gasteiger partial charge on any atom is 0.232 e. The molecule has 4 nitrogen and oxygen atoms in total. The molecule has 120 valence electrons. The molecule has 0 radical (unpaired) electrons. The summed E-state index contributed by atoms with van der Waals surface area (Å²) in [5.74, 6) is -0.286. The van der Waals surface area contributed by atoms with Crippen LogP contribution in [0, 0.1) is 6.92 Å². The Hall–Kier alpha value is -3.01. The lowest BCUT2D eigenvalue weighted by Crippen LogP contribution is -2.23. The molecule has 1 atom stereocenters. The van der Waals surface area contributed by atoms with E-state index >= 15 is 0 Å². The number of pyridine rings is 2. The highest BCUT2D eigenvalue weighted by molar-refractivity contribution is 5.96. The molecule has 3 rings (SSSR count). The molecule has 0 spiro atoms. The average Bonchev–Trinajstić information content (AvgIpc) is 2.61. The van der Waals surface area contributed by atoms with Crippen molar-refractivity contribution in [1.82, 2.24) is 9.97 Å². The summed E-state index contributed by atoms with van der Waals surface area (Å²) in [5, 5.41) is 3.01. The van der Waals surface area contributed by atoms with Crippen LogP contribution in [0.3, 0.4) is 0 Å². The predicted molar refractivity (Wildman–Crippen MR) is 94.7 cm³/mol. The van der Waals surface area contributed by atoms with Gasteiger partial charge in [-0.1, -0.05) is 30.3 Å². The predicted octanol–water partition coefficient (Wildman–Crippen LogP) is 3.75. The molecule has 4 heteroatoms. The third-order valence-corrected chi connectivity index (χ3v) is 3.87. The van der Waals surface area contributed by atoms with E-state index in [1.807, 2.05) is 55.5 Å². The normalized spacial score (nSPS) is 11.7. The Kier molecular flexibility index (Phi) is 4.96. The number of anilines is 1. The third kappa shape index (κ3) is 4.04. The van der Waals surface area contributed by atoms with Gasteiger partial charge in [-0.05, 0) is 48.7 Å². The topological polar surface area (TPSA) is 54.9 Å². The minimum Gasteiger partial charge on any atom is -0.325 e. The molecular weight excluding hydrogens is 298 g/mol. The van der Waals surface area contributed by atoms with Gasteiger partial charge >= 0.3 is 0 Å². The summed E-state index contributed by atoms with van der Waals surface area (Å²) in [7, 11) is 0. The van der Waals surface area contributed by atoms with E-state index in [1.165, 1.54) is 0 Å². The van der Waals surface area contributed by atoms with Crippen molar-refractivity contribution in [2.45, 2.75) is 19.3 Å². The summed E-state index contributed by atoms with van der Waals surface area (Å²) in [6, 6.07) is 17.4. The lowest BCUT2D eigenvalue weighted by Gasteiger charge is -2.17. The van der Waals surface area contributed by atoms with Gasteiger partial charge in [-0.15, -0.1) is 0 Å². The summed E-state index contributed by atoms with van der Waals surface area (Å²) in [6.07, 6.45) is 5.83. The summed E-state index contributed by atoms with van der Waals surface area (Å²) < 4.78 is 0. The Morgan fingerprint density at radius 1 is 1.04 bits per heavy atom. The van der Waals surface area contributed by atoms with Crippen molar-refractivity contribution in [3.8, 4) is 0 Å². The number of benzene rings is 1. The van der Waals surface area contributed by atoms with E-state index in [-0.39, 0.29) is 11.8 Å². The lowest BCUT2D eigenvalue weighted by atomic mass is 9.91. The molecule has 0 aliphatic rings. The van der Waals surface area contributed by atoms with Gasteiger partial charge in [0.2, 0.25) is 5.91 Å². The van der Waals surface area contributed by atoms with E-state index in [1.54, 1.807) is 24.7 Å². The molecular formula is C20H19N3O. The second kappa shape index (κ2) is 7.51. The molecule has 0 fully saturated rings. The number of aryl methyl sites for hydroxylation is 1. The molecule has 2 heterocycles. The van der Waals surface area contributed by atoms with Crippen molar-refractivity contribution in [1.29, 1.82) is 0 Å². The number of nitrogens with one attached hydrogen (secondary N) is 1. The molecule has 3 aromatic rings. The van der Waals surface area contributed by atoms with Crippen molar-refractivity contribution < 1.29 is 4.79 Å². The molecule has 0 bridgehead atoms. The van der Waals surface area contributed by atoms with Gasteiger partial charge in [0.05, 0.1) is 5.92 Å². The number of hydrogen-bond donors (Lipinski definition) is 1. The first-order chi connectivity index (χ1) is 11.7. The zero-order valence-electron chi connectivity index (χ0n) is 13.5. The van der Waals surface area contributed by atoms with E-state index < -0.39 is 0 Å². The molecule has 0 saturated heterocycles. The monoisotopic (exact) mass is 317 g/mol. The van der Waals surface area contributed by atoms with Crippen LogP contribution in [-0.2, 0) is 11.2 Å². The smallest absolute Gasteiger partial charge is 0.232 e. The minimum absolute atomic E-state index is 0.0244. The fourth-order valence-electron chi connectivity index (χ4n) is 2.65. The number of aromatic nitrogens is 2. The number of hydrogen-bond acceptors (Lipinski definition) is 3. The molecule has 1 aromatic carbocycles. The summed E-state index contributed by atoms with van der Waals surface area (Å²) >= 11 is 0. The van der Waals surface area contributed by atoms with Gasteiger partial charge in [0, 0.05) is 30.0 Å². The maximum absolute atomic E-state index is 12.9. The van der Waals surface area contributed by atoms with Crippen molar-refractivity contribution in [2.75, 3.05) is 5.32 Å². The Morgan fingerprint density at radius 2 is 1.79 bits per heavy atom. The maximum atomic E-state index is 12.9. The summed E-state index contributed by atoms with van der Waals surface area (Å²) in [5.41, 5.74) is 3.72. The van der Waals surface area contributed by atoms with Gasteiger partial charge in [-0.25, -0.2) is 0 Å². The number of amides is 1. The zero-order valence-corrected chi connectivity index (χ0v) is 13.5. The number of rotatable bonds is 5. The van der Waals surface area contributed by atoms with E-state index in [0.29, 0.717) is 6.42 Å². The highest BCUT2D eigenvalue weighted by Gasteiger charge is 2.21. The SMILES string of the molecule is Cc1cc(NC(=O)C(Cc2ccncc2)c2ccccc2)ccn1. The van der Waals surface area contributed by atoms with Crippen LogP contribution in [0.5, 0.6) is 0 Å².